The fourth-order valence-electron chi connectivity index (χ4n) is 4.95. The zero-order valence-corrected chi connectivity index (χ0v) is 18.2. The smallest absolute Gasteiger partial charge is 0.236 e. The van der Waals surface area contributed by atoms with Crippen molar-refractivity contribution in [3.8, 4) is 0 Å². The zero-order chi connectivity index (χ0) is 20.3. The van der Waals surface area contributed by atoms with Gasteiger partial charge in [0.05, 0.1) is 24.9 Å². The average Bonchev–Trinajstić information content (AvgIpc) is 3.06. The Labute approximate surface area is 169 Å². The summed E-state index contributed by atoms with van der Waals surface area (Å²) in [5, 5.41) is 4.40. The van der Waals surface area contributed by atoms with E-state index in [1.807, 2.05) is 36.7 Å². The maximum absolute atomic E-state index is 12.8. The van der Waals surface area contributed by atoms with Gasteiger partial charge in [-0.1, -0.05) is 6.92 Å². The summed E-state index contributed by atoms with van der Waals surface area (Å²) in [5.41, 5.74) is 1.30. The molecule has 1 aromatic rings. The quantitative estimate of drug-likeness (QED) is 0.740. The van der Waals surface area contributed by atoms with Gasteiger partial charge in [0.15, 0.2) is 0 Å². The first-order valence-corrected chi connectivity index (χ1v) is 10.7. The third kappa shape index (κ3) is 5.13. The predicted octanol–water partition coefficient (Wildman–Crippen LogP) is 1.76. The molecule has 0 aliphatic carbocycles. The van der Waals surface area contributed by atoms with Gasteiger partial charge in [-0.25, -0.2) is 0 Å². The van der Waals surface area contributed by atoms with E-state index in [2.05, 4.69) is 35.1 Å². The molecule has 2 aliphatic heterocycles. The molecule has 3 heterocycles. The minimum Gasteiger partial charge on any atom is -0.372 e. The summed E-state index contributed by atoms with van der Waals surface area (Å²) in [4.78, 5) is 19.6. The van der Waals surface area contributed by atoms with Crippen LogP contribution in [-0.2, 0) is 16.6 Å². The van der Waals surface area contributed by atoms with Gasteiger partial charge in [0.2, 0.25) is 5.91 Å². The minimum atomic E-state index is 0.115. The first-order valence-electron chi connectivity index (χ1n) is 10.7. The molecule has 7 heteroatoms. The van der Waals surface area contributed by atoms with Crippen molar-refractivity contribution in [1.82, 2.24) is 24.5 Å². The first kappa shape index (κ1) is 21.3. The van der Waals surface area contributed by atoms with E-state index in [9.17, 15) is 4.79 Å². The molecule has 4 atom stereocenters. The number of hydrogen-bond acceptors (Lipinski definition) is 5. The summed E-state index contributed by atoms with van der Waals surface area (Å²) < 4.78 is 7.65. The van der Waals surface area contributed by atoms with E-state index in [1.54, 1.807) is 0 Å². The Morgan fingerprint density at radius 2 is 2.04 bits per heavy atom. The van der Waals surface area contributed by atoms with Crippen LogP contribution in [0.1, 0.15) is 45.2 Å². The highest BCUT2D eigenvalue weighted by Gasteiger charge is 2.34. The number of carbonyl (C=O) groups is 1. The lowest BCUT2D eigenvalue weighted by atomic mass is 9.85. The summed E-state index contributed by atoms with van der Waals surface area (Å²) in [6, 6.07) is 0.383. The highest BCUT2D eigenvalue weighted by atomic mass is 16.5. The third-order valence-electron chi connectivity index (χ3n) is 6.06. The van der Waals surface area contributed by atoms with Crippen LogP contribution in [0.2, 0.25) is 0 Å². The number of morpholine rings is 1. The number of aryl methyl sites for hydroxylation is 1. The van der Waals surface area contributed by atoms with Gasteiger partial charge in [-0.2, -0.15) is 5.10 Å². The molecule has 0 N–H and O–H groups in total. The highest BCUT2D eigenvalue weighted by molar-refractivity contribution is 5.78. The van der Waals surface area contributed by atoms with Crippen LogP contribution in [0, 0.1) is 5.92 Å². The maximum atomic E-state index is 12.8. The molecule has 0 spiro atoms. The summed E-state index contributed by atoms with van der Waals surface area (Å²) in [6.07, 6.45) is 6.80. The molecule has 0 aromatic carbocycles. The first-order chi connectivity index (χ1) is 13.4. The number of hydrogen-bond donors (Lipinski definition) is 0. The predicted molar refractivity (Wildman–Crippen MR) is 110 cm³/mol. The van der Waals surface area contributed by atoms with E-state index >= 15 is 0 Å². The minimum absolute atomic E-state index is 0.115. The Hall–Kier alpha value is -1.44. The van der Waals surface area contributed by atoms with Crippen LogP contribution < -0.4 is 0 Å². The number of carbonyl (C=O) groups excluding carboxylic acids is 1. The lowest BCUT2D eigenvalue weighted by Crippen LogP contribution is -2.51. The van der Waals surface area contributed by atoms with Crippen molar-refractivity contribution in [3.05, 3.63) is 18.0 Å². The van der Waals surface area contributed by atoms with Crippen molar-refractivity contribution in [3.63, 3.8) is 0 Å². The molecule has 1 aromatic heterocycles. The lowest BCUT2D eigenvalue weighted by molar-refractivity contribution is -0.144. The molecule has 2 aliphatic rings. The van der Waals surface area contributed by atoms with E-state index in [1.165, 1.54) is 18.4 Å². The molecule has 2 fully saturated rings. The molecule has 28 heavy (non-hydrogen) atoms. The molecule has 2 saturated heterocycles. The van der Waals surface area contributed by atoms with E-state index < -0.39 is 0 Å². The van der Waals surface area contributed by atoms with Crippen LogP contribution >= 0.6 is 0 Å². The van der Waals surface area contributed by atoms with Crippen LogP contribution in [-0.4, -0.2) is 88.9 Å². The molecule has 7 nitrogen and oxygen atoms in total. The number of amides is 1. The molecule has 0 radical (unpaired) electrons. The normalized spacial score (nSPS) is 29.4. The summed E-state index contributed by atoms with van der Waals surface area (Å²) in [7, 11) is 4.06. The molecule has 0 saturated carbocycles. The second-order valence-corrected chi connectivity index (χ2v) is 8.68. The molecular weight excluding hydrogens is 354 g/mol. The Bertz CT molecular complexity index is 638. The Kier molecular flexibility index (Phi) is 7.12. The van der Waals surface area contributed by atoms with Gasteiger partial charge >= 0.3 is 0 Å². The monoisotopic (exact) mass is 391 g/mol. The Balaban J connectivity index is 1.62. The fourth-order valence-corrected chi connectivity index (χ4v) is 4.95. The largest absolute Gasteiger partial charge is 0.372 e. The van der Waals surface area contributed by atoms with Crippen molar-refractivity contribution in [2.45, 2.75) is 51.9 Å². The molecule has 0 bridgehead atoms. The topological polar surface area (TPSA) is 53.8 Å². The summed E-state index contributed by atoms with van der Waals surface area (Å²) in [5.74, 6) is 0.726. The van der Waals surface area contributed by atoms with Gasteiger partial charge in [0, 0.05) is 44.5 Å². The van der Waals surface area contributed by atoms with Crippen LogP contribution in [0.4, 0.5) is 0 Å². The van der Waals surface area contributed by atoms with E-state index in [0.29, 0.717) is 31.6 Å². The molecule has 158 valence electrons. The molecular formula is C21H37N5O2. The lowest BCUT2D eigenvalue weighted by Gasteiger charge is -2.42. The van der Waals surface area contributed by atoms with Crippen molar-refractivity contribution >= 4 is 5.91 Å². The Morgan fingerprint density at radius 1 is 1.32 bits per heavy atom. The summed E-state index contributed by atoms with van der Waals surface area (Å²) in [6.45, 7) is 11.3. The maximum Gasteiger partial charge on any atom is 0.236 e. The molecule has 1 amide bonds. The van der Waals surface area contributed by atoms with Gasteiger partial charge in [-0.3, -0.25) is 19.3 Å². The van der Waals surface area contributed by atoms with E-state index in [0.717, 1.165) is 19.6 Å². The van der Waals surface area contributed by atoms with Gasteiger partial charge < -0.3 is 9.64 Å². The van der Waals surface area contributed by atoms with Gasteiger partial charge in [0.25, 0.3) is 0 Å². The number of piperidine rings is 1. The zero-order valence-electron chi connectivity index (χ0n) is 18.2. The van der Waals surface area contributed by atoms with E-state index in [-0.39, 0.29) is 18.1 Å². The average molecular weight is 392 g/mol. The SMILES string of the molecule is CCN1CCC[C@@H](CN(C)CC(=O)N2CC(C)OC(C)C2)[C@@H]1c1cnn(C)c1. The Morgan fingerprint density at radius 3 is 2.64 bits per heavy atom. The van der Waals surface area contributed by atoms with Gasteiger partial charge in [-0.05, 0) is 52.7 Å². The van der Waals surface area contributed by atoms with Crippen LogP contribution in [0.15, 0.2) is 12.4 Å². The molecule has 3 rings (SSSR count). The summed E-state index contributed by atoms with van der Waals surface area (Å²) >= 11 is 0. The highest BCUT2D eigenvalue weighted by Crippen LogP contribution is 2.36. The van der Waals surface area contributed by atoms with Gasteiger partial charge in [-0.15, -0.1) is 0 Å². The van der Waals surface area contributed by atoms with Crippen LogP contribution in [0.25, 0.3) is 0 Å². The molecule has 2 unspecified atom stereocenters. The van der Waals surface area contributed by atoms with Gasteiger partial charge in [0.1, 0.15) is 0 Å². The van der Waals surface area contributed by atoms with Crippen molar-refractivity contribution < 1.29 is 9.53 Å². The number of likely N-dealkylation sites (N-methyl/N-ethyl adjacent to an activating group) is 1. The number of rotatable bonds is 6. The number of nitrogens with zero attached hydrogens (tertiary/aromatic N) is 5. The van der Waals surface area contributed by atoms with Crippen molar-refractivity contribution in [2.24, 2.45) is 13.0 Å². The fraction of sp³-hybridized carbons (Fsp3) is 0.810. The second-order valence-electron chi connectivity index (χ2n) is 8.68. The van der Waals surface area contributed by atoms with Crippen molar-refractivity contribution in [2.75, 3.05) is 46.3 Å². The van der Waals surface area contributed by atoms with Crippen LogP contribution in [0.3, 0.4) is 0 Å². The third-order valence-corrected chi connectivity index (χ3v) is 6.06. The second kappa shape index (κ2) is 9.37. The van der Waals surface area contributed by atoms with Crippen molar-refractivity contribution in [1.29, 1.82) is 0 Å². The number of aromatic nitrogens is 2. The van der Waals surface area contributed by atoms with Crippen LogP contribution in [0.5, 0.6) is 0 Å². The number of likely N-dealkylation sites (tertiary alicyclic amines) is 1. The number of ether oxygens (including phenoxy) is 1. The standard InChI is InChI=1S/C21H37N5O2/c1-6-25-9-7-8-18(21(25)19-10-22-24(5)14-19)13-23(4)15-20(27)26-11-16(2)28-17(3)12-26/h10,14,16-18,21H,6-9,11-13,15H2,1-5H3/t16?,17?,18-,21+/m0/s1. The van der Waals surface area contributed by atoms with E-state index in [4.69, 9.17) is 4.74 Å².